The van der Waals surface area contributed by atoms with Crippen LogP contribution in [0.1, 0.15) is 0 Å². The number of fused-ring (bicyclic) bond motifs is 1. The summed E-state index contributed by atoms with van der Waals surface area (Å²) in [6, 6.07) is 12.6. The van der Waals surface area contributed by atoms with E-state index in [0.29, 0.717) is 5.69 Å². The van der Waals surface area contributed by atoms with Crippen molar-refractivity contribution in [1.82, 2.24) is 0 Å². The van der Waals surface area contributed by atoms with Crippen LogP contribution in [0, 0.1) is 5.82 Å². The molecule has 0 radical (unpaired) electrons. The highest BCUT2D eigenvalue weighted by Gasteiger charge is 2.22. The van der Waals surface area contributed by atoms with Gasteiger partial charge >= 0.3 is 0 Å². The van der Waals surface area contributed by atoms with Crippen molar-refractivity contribution in [1.29, 1.82) is 0 Å². The van der Waals surface area contributed by atoms with E-state index in [1.54, 1.807) is 6.07 Å². The summed E-state index contributed by atoms with van der Waals surface area (Å²) in [5.74, 6) is -0.263. The van der Waals surface area contributed by atoms with Crippen LogP contribution in [0.4, 0.5) is 27.1 Å². The van der Waals surface area contributed by atoms with Crippen LogP contribution in [0.25, 0.3) is 0 Å². The van der Waals surface area contributed by atoms with Crippen LogP contribution < -0.4 is 15.5 Å². The topological polar surface area (TPSA) is 32.5 Å². The maximum absolute atomic E-state index is 13.5. The van der Waals surface area contributed by atoms with Gasteiger partial charge in [0.15, 0.2) is 0 Å². The van der Waals surface area contributed by atoms with Crippen molar-refractivity contribution in [3.8, 4) is 0 Å². The molecule has 0 unspecified atom stereocenters. The Labute approximate surface area is 112 Å². The normalized spacial score (nSPS) is 14.4. The molecule has 2 aromatic rings. The molecule has 2 aromatic carbocycles. The minimum absolute atomic E-state index is 0.263. The molecule has 1 aliphatic rings. The van der Waals surface area contributed by atoms with Crippen molar-refractivity contribution in [2.24, 2.45) is 0 Å². The van der Waals surface area contributed by atoms with Gasteiger partial charge in [0.05, 0.1) is 22.7 Å². The van der Waals surface area contributed by atoms with Gasteiger partial charge in [-0.05, 0) is 30.3 Å². The monoisotopic (exact) mass is 257 g/mol. The lowest BCUT2D eigenvalue weighted by atomic mass is 10.1. The van der Waals surface area contributed by atoms with Gasteiger partial charge in [0, 0.05) is 20.1 Å². The lowest BCUT2D eigenvalue weighted by Gasteiger charge is -2.37. The Balaban J connectivity index is 2.12. The molecule has 19 heavy (non-hydrogen) atoms. The molecule has 0 bridgehead atoms. The Hall–Kier alpha value is -2.23. The summed E-state index contributed by atoms with van der Waals surface area (Å²) in [5, 5.41) is 0. The van der Waals surface area contributed by atoms with Gasteiger partial charge in [-0.2, -0.15) is 0 Å². The highest BCUT2D eigenvalue weighted by atomic mass is 19.1. The average molecular weight is 257 g/mol. The van der Waals surface area contributed by atoms with E-state index in [1.807, 2.05) is 18.2 Å². The molecule has 0 aliphatic carbocycles. The number of rotatable bonds is 1. The summed E-state index contributed by atoms with van der Waals surface area (Å²) in [7, 11) is 2.06. The third kappa shape index (κ3) is 1.99. The maximum atomic E-state index is 13.5. The van der Waals surface area contributed by atoms with Crippen LogP contribution in [0.2, 0.25) is 0 Å². The number of nitrogens with zero attached hydrogens (tertiary/aromatic N) is 2. The fraction of sp³-hybridized carbons (Fsp3) is 0.200. The molecular formula is C15H16FN3. The van der Waals surface area contributed by atoms with Crippen molar-refractivity contribution in [3.05, 3.63) is 48.3 Å². The molecule has 1 heterocycles. The Morgan fingerprint density at radius 3 is 2.53 bits per heavy atom. The van der Waals surface area contributed by atoms with E-state index >= 15 is 0 Å². The minimum atomic E-state index is -0.263. The minimum Gasteiger partial charge on any atom is -0.397 e. The van der Waals surface area contributed by atoms with Gasteiger partial charge < -0.3 is 15.5 Å². The smallest absolute Gasteiger partial charge is 0.125 e. The third-order valence-electron chi connectivity index (χ3n) is 3.53. The Bertz CT molecular complexity index is 612. The second kappa shape index (κ2) is 4.46. The standard InChI is InChI=1S/C15H16FN3/c1-18-8-9-19(14-5-3-2-4-13(14)18)15-10-11(16)6-7-12(15)17/h2-7,10H,8-9,17H2,1H3. The first-order chi connectivity index (χ1) is 9.16. The van der Waals surface area contributed by atoms with Crippen molar-refractivity contribution in [3.63, 3.8) is 0 Å². The summed E-state index contributed by atoms with van der Waals surface area (Å²) in [4.78, 5) is 4.27. The molecule has 98 valence electrons. The summed E-state index contributed by atoms with van der Waals surface area (Å²) < 4.78 is 13.5. The molecule has 0 saturated carbocycles. The number of likely N-dealkylation sites (N-methyl/N-ethyl adjacent to an activating group) is 1. The fourth-order valence-electron chi connectivity index (χ4n) is 2.51. The molecule has 0 aromatic heterocycles. The molecule has 3 nitrogen and oxygen atoms in total. The van der Waals surface area contributed by atoms with Crippen LogP contribution in [-0.2, 0) is 0 Å². The second-order valence-electron chi connectivity index (χ2n) is 4.77. The molecule has 0 atom stereocenters. The zero-order valence-corrected chi connectivity index (χ0v) is 10.8. The second-order valence-corrected chi connectivity index (χ2v) is 4.77. The molecule has 0 amide bonds. The lowest BCUT2D eigenvalue weighted by Crippen LogP contribution is -2.36. The van der Waals surface area contributed by atoms with Gasteiger partial charge in [0.2, 0.25) is 0 Å². The number of hydrogen-bond acceptors (Lipinski definition) is 3. The van der Waals surface area contributed by atoms with E-state index in [9.17, 15) is 4.39 Å². The van der Waals surface area contributed by atoms with Crippen LogP contribution in [0.5, 0.6) is 0 Å². The zero-order valence-electron chi connectivity index (χ0n) is 10.8. The van der Waals surface area contributed by atoms with E-state index in [4.69, 9.17) is 5.73 Å². The summed E-state index contributed by atoms with van der Waals surface area (Å²) in [5.41, 5.74) is 9.52. The SMILES string of the molecule is CN1CCN(c2cc(F)ccc2N)c2ccccc21. The fourth-order valence-corrected chi connectivity index (χ4v) is 2.51. The Morgan fingerprint density at radius 2 is 1.74 bits per heavy atom. The Kier molecular flexibility index (Phi) is 2.78. The first-order valence-corrected chi connectivity index (χ1v) is 6.29. The summed E-state index contributed by atoms with van der Waals surface area (Å²) in [6.45, 7) is 1.67. The highest BCUT2D eigenvalue weighted by molar-refractivity contribution is 5.83. The third-order valence-corrected chi connectivity index (χ3v) is 3.53. The van der Waals surface area contributed by atoms with Gasteiger partial charge in [-0.3, -0.25) is 0 Å². The zero-order chi connectivity index (χ0) is 13.4. The van der Waals surface area contributed by atoms with Crippen LogP contribution in [0.3, 0.4) is 0 Å². The van der Waals surface area contributed by atoms with E-state index < -0.39 is 0 Å². The average Bonchev–Trinajstić information content (AvgIpc) is 2.43. The quantitative estimate of drug-likeness (QED) is 0.797. The first kappa shape index (κ1) is 11.8. The Morgan fingerprint density at radius 1 is 1.00 bits per heavy atom. The summed E-state index contributed by atoms with van der Waals surface area (Å²) in [6.07, 6.45) is 0. The van der Waals surface area contributed by atoms with Crippen molar-refractivity contribution < 1.29 is 4.39 Å². The summed E-state index contributed by atoms with van der Waals surface area (Å²) >= 11 is 0. The number of halogens is 1. The van der Waals surface area contributed by atoms with E-state index in [0.717, 1.165) is 30.2 Å². The van der Waals surface area contributed by atoms with Crippen LogP contribution in [0.15, 0.2) is 42.5 Å². The largest absolute Gasteiger partial charge is 0.397 e. The number of anilines is 4. The van der Waals surface area contributed by atoms with Gasteiger partial charge in [-0.25, -0.2) is 4.39 Å². The highest BCUT2D eigenvalue weighted by Crippen LogP contribution is 2.39. The molecule has 1 aliphatic heterocycles. The van der Waals surface area contributed by atoms with Crippen LogP contribution in [-0.4, -0.2) is 20.1 Å². The van der Waals surface area contributed by atoms with E-state index in [1.165, 1.54) is 12.1 Å². The number of benzene rings is 2. The number of hydrogen-bond donors (Lipinski definition) is 1. The van der Waals surface area contributed by atoms with Gasteiger partial charge in [-0.1, -0.05) is 12.1 Å². The van der Waals surface area contributed by atoms with E-state index in [2.05, 4.69) is 22.9 Å². The van der Waals surface area contributed by atoms with Gasteiger partial charge in [0.25, 0.3) is 0 Å². The molecular weight excluding hydrogens is 241 g/mol. The van der Waals surface area contributed by atoms with E-state index in [-0.39, 0.29) is 5.82 Å². The lowest BCUT2D eigenvalue weighted by molar-refractivity contribution is 0.627. The van der Waals surface area contributed by atoms with Gasteiger partial charge in [0.1, 0.15) is 5.82 Å². The number of nitrogen functional groups attached to an aromatic ring is 1. The molecule has 4 heteroatoms. The van der Waals surface area contributed by atoms with Gasteiger partial charge in [-0.15, -0.1) is 0 Å². The van der Waals surface area contributed by atoms with Crippen LogP contribution >= 0.6 is 0 Å². The molecule has 3 rings (SSSR count). The predicted octanol–water partition coefficient (Wildman–Crippen LogP) is 3.00. The molecule has 0 saturated heterocycles. The predicted molar refractivity (Wildman–Crippen MR) is 77.5 cm³/mol. The van der Waals surface area contributed by atoms with Crippen molar-refractivity contribution in [2.75, 3.05) is 35.7 Å². The molecule has 0 spiro atoms. The number of nitrogens with two attached hydrogens (primary N) is 1. The maximum Gasteiger partial charge on any atom is 0.125 e. The van der Waals surface area contributed by atoms with Crippen molar-refractivity contribution in [2.45, 2.75) is 0 Å². The van der Waals surface area contributed by atoms with Crippen molar-refractivity contribution >= 4 is 22.7 Å². The molecule has 0 fully saturated rings. The molecule has 2 N–H and O–H groups in total. The first-order valence-electron chi connectivity index (χ1n) is 6.29. The number of para-hydroxylation sites is 2.